The fraction of sp³-hybridized carbons (Fsp3) is 0.355. The maximum atomic E-state index is 14.1. The number of halogens is 2. The van der Waals surface area contributed by atoms with Crippen molar-refractivity contribution in [3.8, 4) is 11.5 Å². The lowest BCUT2D eigenvalue weighted by molar-refractivity contribution is -0.139. The van der Waals surface area contributed by atoms with Crippen molar-refractivity contribution in [2.45, 2.75) is 56.1 Å². The quantitative estimate of drug-likeness (QED) is 0.271. The largest absolute Gasteiger partial charge is 0.493 e. The maximum Gasteiger partial charge on any atom is 0.264 e. The molecule has 9 nitrogen and oxygen atoms in total. The number of sulfonamides is 1. The third-order valence-corrected chi connectivity index (χ3v) is 9.75. The van der Waals surface area contributed by atoms with E-state index in [1.54, 1.807) is 43.3 Å². The van der Waals surface area contributed by atoms with Gasteiger partial charge in [0.1, 0.15) is 12.6 Å². The van der Waals surface area contributed by atoms with Gasteiger partial charge in [0.15, 0.2) is 11.5 Å². The molecule has 0 bridgehead atoms. The van der Waals surface area contributed by atoms with Gasteiger partial charge in [-0.05, 0) is 73.9 Å². The molecule has 0 spiro atoms. The molecule has 1 saturated carbocycles. The van der Waals surface area contributed by atoms with Crippen molar-refractivity contribution in [2.24, 2.45) is 0 Å². The van der Waals surface area contributed by atoms with E-state index in [4.69, 9.17) is 32.7 Å². The molecule has 230 valence electrons. The SMILES string of the molecule is COc1ccc(S(=O)(=O)N(CC(=O)N(Cc2ccc(Cl)cc2)C(C)C(=O)NC2CCCC2)c2ccc(Cl)cc2)cc1OC. The highest BCUT2D eigenvalue weighted by Gasteiger charge is 2.33. The molecule has 1 aliphatic rings. The van der Waals surface area contributed by atoms with Crippen LogP contribution in [-0.4, -0.2) is 58.0 Å². The number of carbonyl (C=O) groups is 2. The van der Waals surface area contributed by atoms with E-state index >= 15 is 0 Å². The average molecular weight is 649 g/mol. The summed E-state index contributed by atoms with van der Waals surface area (Å²) in [6.07, 6.45) is 3.85. The Morgan fingerprint density at radius 2 is 1.49 bits per heavy atom. The van der Waals surface area contributed by atoms with Gasteiger partial charge in [0, 0.05) is 28.7 Å². The van der Waals surface area contributed by atoms with Crippen LogP contribution in [0.15, 0.2) is 71.6 Å². The Morgan fingerprint density at radius 1 is 0.907 bits per heavy atom. The molecule has 2 amide bonds. The molecule has 1 aliphatic carbocycles. The number of ether oxygens (including phenoxy) is 2. The van der Waals surface area contributed by atoms with Gasteiger partial charge in [0.05, 0.1) is 24.8 Å². The minimum atomic E-state index is -4.31. The van der Waals surface area contributed by atoms with Gasteiger partial charge in [-0.2, -0.15) is 0 Å². The fourth-order valence-corrected chi connectivity index (χ4v) is 6.68. The number of hydrogen-bond acceptors (Lipinski definition) is 6. The van der Waals surface area contributed by atoms with Gasteiger partial charge in [-0.15, -0.1) is 0 Å². The minimum absolute atomic E-state index is 0.0541. The molecule has 1 N–H and O–H groups in total. The number of anilines is 1. The highest BCUT2D eigenvalue weighted by atomic mass is 35.5. The number of amides is 2. The summed E-state index contributed by atoms with van der Waals surface area (Å²) in [5.74, 6) is -0.294. The number of benzene rings is 3. The number of methoxy groups -OCH3 is 2. The normalized spacial score (nSPS) is 14.2. The molecule has 0 aliphatic heterocycles. The summed E-state index contributed by atoms with van der Waals surface area (Å²) in [7, 11) is -1.45. The van der Waals surface area contributed by atoms with Crippen LogP contribution in [0.3, 0.4) is 0 Å². The molecule has 1 fully saturated rings. The Labute approximate surface area is 262 Å². The van der Waals surface area contributed by atoms with Crippen LogP contribution in [0, 0.1) is 0 Å². The molecule has 4 rings (SSSR count). The Kier molecular flexibility index (Phi) is 10.8. The van der Waals surface area contributed by atoms with E-state index in [-0.39, 0.29) is 34.8 Å². The summed E-state index contributed by atoms with van der Waals surface area (Å²) >= 11 is 12.2. The fourth-order valence-electron chi connectivity index (χ4n) is 5.00. The Hall–Kier alpha value is -3.47. The van der Waals surface area contributed by atoms with Gasteiger partial charge in [0.25, 0.3) is 10.0 Å². The summed E-state index contributed by atoms with van der Waals surface area (Å²) in [6, 6.07) is 16.4. The lowest BCUT2D eigenvalue weighted by atomic mass is 10.1. The van der Waals surface area contributed by atoms with Gasteiger partial charge < -0.3 is 19.7 Å². The Morgan fingerprint density at radius 3 is 2.07 bits per heavy atom. The number of nitrogens with one attached hydrogen (secondary N) is 1. The maximum absolute atomic E-state index is 14.1. The topological polar surface area (TPSA) is 105 Å². The van der Waals surface area contributed by atoms with E-state index in [2.05, 4.69) is 5.32 Å². The van der Waals surface area contributed by atoms with Crippen LogP contribution in [0.1, 0.15) is 38.2 Å². The zero-order chi connectivity index (χ0) is 31.1. The molecule has 3 aromatic rings. The number of hydrogen-bond donors (Lipinski definition) is 1. The second kappa shape index (κ2) is 14.3. The summed E-state index contributed by atoms with van der Waals surface area (Å²) in [4.78, 5) is 28.7. The standard InChI is InChI=1S/C31H35Cl2N3O6S/c1-21(31(38)34-25-6-4-5-7-25)35(19-22-8-10-23(32)11-9-22)30(37)20-36(26-14-12-24(33)13-15-26)43(39,40)27-16-17-28(41-2)29(18-27)42-3/h8-18,21,25H,4-7,19-20H2,1-3H3,(H,34,38). The van der Waals surface area contributed by atoms with Crippen LogP contribution in [0.4, 0.5) is 5.69 Å². The molecule has 0 saturated heterocycles. The van der Waals surface area contributed by atoms with Gasteiger partial charge >= 0.3 is 0 Å². The van der Waals surface area contributed by atoms with E-state index in [0.717, 1.165) is 35.6 Å². The predicted molar refractivity (Wildman–Crippen MR) is 167 cm³/mol. The average Bonchev–Trinajstić information content (AvgIpc) is 3.52. The van der Waals surface area contributed by atoms with Crippen LogP contribution in [0.5, 0.6) is 11.5 Å². The van der Waals surface area contributed by atoms with Crippen LogP contribution in [-0.2, 0) is 26.2 Å². The minimum Gasteiger partial charge on any atom is -0.493 e. The first-order valence-electron chi connectivity index (χ1n) is 13.9. The third kappa shape index (κ3) is 7.93. The van der Waals surface area contributed by atoms with Crippen LogP contribution < -0.4 is 19.1 Å². The van der Waals surface area contributed by atoms with Gasteiger partial charge in [-0.1, -0.05) is 48.2 Å². The summed E-state index contributed by atoms with van der Waals surface area (Å²) < 4.78 is 39.8. The first-order chi connectivity index (χ1) is 20.5. The second-order valence-electron chi connectivity index (χ2n) is 10.3. The van der Waals surface area contributed by atoms with Gasteiger partial charge in [-0.25, -0.2) is 8.42 Å². The van der Waals surface area contributed by atoms with Crippen molar-refractivity contribution in [3.63, 3.8) is 0 Å². The molecule has 1 atom stereocenters. The van der Waals surface area contributed by atoms with Crippen molar-refractivity contribution in [3.05, 3.63) is 82.3 Å². The lowest BCUT2D eigenvalue weighted by Crippen LogP contribution is -2.52. The molecular formula is C31H35Cl2N3O6S. The lowest BCUT2D eigenvalue weighted by Gasteiger charge is -2.32. The summed E-state index contributed by atoms with van der Waals surface area (Å²) in [5.41, 5.74) is 0.959. The predicted octanol–water partition coefficient (Wildman–Crippen LogP) is 5.68. The number of nitrogens with zero attached hydrogens (tertiary/aromatic N) is 2. The molecule has 43 heavy (non-hydrogen) atoms. The van der Waals surface area contributed by atoms with Gasteiger partial charge in [0.2, 0.25) is 11.8 Å². The Balaban J connectivity index is 1.71. The monoisotopic (exact) mass is 647 g/mol. The number of rotatable bonds is 12. The molecule has 1 unspecified atom stereocenters. The third-order valence-electron chi connectivity index (χ3n) is 7.47. The summed E-state index contributed by atoms with van der Waals surface area (Å²) in [5, 5.41) is 3.99. The van der Waals surface area contributed by atoms with Gasteiger partial charge in [-0.3, -0.25) is 13.9 Å². The molecule has 12 heteroatoms. The summed E-state index contributed by atoms with van der Waals surface area (Å²) in [6.45, 7) is 1.14. The molecule has 3 aromatic carbocycles. The molecule has 0 aromatic heterocycles. The van der Waals surface area contributed by atoms with E-state index in [9.17, 15) is 18.0 Å². The highest BCUT2D eigenvalue weighted by Crippen LogP contribution is 2.33. The van der Waals surface area contributed by atoms with Crippen molar-refractivity contribution >= 4 is 50.7 Å². The molecule has 0 radical (unpaired) electrons. The smallest absolute Gasteiger partial charge is 0.264 e. The zero-order valence-corrected chi connectivity index (χ0v) is 26.6. The van der Waals surface area contributed by atoms with E-state index in [0.29, 0.717) is 15.8 Å². The first kappa shape index (κ1) is 32.4. The van der Waals surface area contributed by atoms with Crippen molar-refractivity contribution in [1.82, 2.24) is 10.2 Å². The van der Waals surface area contributed by atoms with E-state index in [1.165, 1.54) is 49.5 Å². The molecular weight excluding hydrogens is 613 g/mol. The second-order valence-corrected chi connectivity index (χ2v) is 13.1. The highest BCUT2D eigenvalue weighted by molar-refractivity contribution is 7.92. The van der Waals surface area contributed by atoms with E-state index < -0.39 is 28.5 Å². The number of carbonyl (C=O) groups excluding carboxylic acids is 2. The van der Waals surface area contributed by atoms with Crippen LogP contribution >= 0.6 is 23.2 Å². The zero-order valence-electron chi connectivity index (χ0n) is 24.3. The van der Waals surface area contributed by atoms with Crippen molar-refractivity contribution < 1.29 is 27.5 Å². The van der Waals surface area contributed by atoms with Crippen LogP contribution in [0.25, 0.3) is 0 Å². The van der Waals surface area contributed by atoms with Crippen molar-refractivity contribution in [2.75, 3.05) is 25.1 Å². The van der Waals surface area contributed by atoms with Crippen molar-refractivity contribution in [1.29, 1.82) is 0 Å². The first-order valence-corrected chi connectivity index (χ1v) is 16.1. The van der Waals surface area contributed by atoms with E-state index in [1.807, 2.05) is 0 Å². The molecule has 0 heterocycles. The Bertz CT molecular complexity index is 1530. The van der Waals surface area contributed by atoms with Crippen LogP contribution in [0.2, 0.25) is 10.0 Å².